The highest BCUT2D eigenvalue weighted by Crippen LogP contribution is 2.37. The number of benzene rings is 2. The first-order chi connectivity index (χ1) is 10.2. The summed E-state index contributed by atoms with van der Waals surface area (Å²) >= 11 is 6.26. The topological polar surface area (TPSA) is 44.5 Å². The van der Waals surface area contributed by atoms with Gasteiger partial charge in [0.15, 0.2) is 11.5 Å². The van der Waals surface area contributed by atoms with Crippen LogP contribution in [0.3, 0.4) is 0 Å². The van der Waals surface area contributed by atoms with E-state index in [4.69, 9.17) is 26.8 Å². The molecule has 2 aromatic carbocycles. The largest absolute Gasteiger partial charge is 0.493 e. The Morgan fingerprint density at radius 2 is 1.95 bits per heavy atom. The summed E-state index contributed by atoms with van der Waals surface area (Å²) in [4.78, 5) is 0. The van der Waals surface area contributed by atoms with Gasteiger partial charge in [-0.3, -0.25) is 0 Å². The van der Waals surface area contributed by atoms with E-state index >= 15 is 0 Å². The van der Waals surface area contributed by atoms with E-state index in [9.17, 15) is 0 Å². The van der Waals surface area contributed by atoms with E-state index in [1.165, 1.54) is 5.56 Å². The van der Waals surface area contributed by atoms with Gasteiger partial charge in [-0.1, -0.05) is 36.7 Å². The summed E-state index contributed by atoms with van der Waals surface area (Å²) in [5, 5.41) is 0.572. The summed E-state index contributed by atoms with van der Waals surface area (Å²) in [6.07, 6.45) is 1.66. The van der Waals surface area contributed by atoms with Crippen molar-refractivity contribution in [2.24, 2.45) is 5.73 Å². The van der Waals surface area contributed by atoms with E-state index in [0.717, 1.165) is 12.0 Å². The monoisotopic (exact) mass is 305 g/mol. The zero-order valence-corrected chi connectivity index (χ0v) is 13.1. The van der Waals surface area contributed by atoms with Crippen LogP contribution < -0.4 is 15.2 Å². The second-order valence-electron chi connectivity index (χ2n) is 4.71. The first-order valence-corrected chi connectivity index (χ1v) is 7.39. The number of aryl methyl sites for hydroxylation is 1. The number of methoxy groups -OCH3 is 1. The van der Waals surface area contributed by atoms with Crippen LogP contribution in [-0.4, -0.2) is 13.7 Å². The average Bonchev–Trinajstić information content (AvgIpc) is 2.51. The third-order valence-electron chi connectivity index (χ3n) is 3.31. The summed E-state index contributed by atoms with van der Waals surface area (Å²) < 4.78 is 11.4. The lowest BCUT2D eigenvalue weighted by Gasteiger charge is -2.15. The van der Waals surface area contributed by atoms with Crippen molar-refractivity contribution in [1.29, 1.82) is 0 Å². The van der Waals surface area contributed by atoms with Gasteiger partial charge in [-0.25, -0.2) is 0 Å². The smallest absolute Gasteiger partial charge is 0.169 e. The van der Waals surface area contributed by atoms with Crippen LogP contribution >= 0.6 is 11.6 Å². The van der Waals surface area contributed by atoms with Crippen LogP contribution in [-0.2, 0) is 12.8 Å². The predicted molar refractivity (Wildman–Crippen MR) is 86.7 cm³/mol. The lowest BCUT2D eigenvalue weighted by atomic mass is 10.1. The zero-order chi connectivity index (χ0) is 15.2. The number of rotatable bonds is 6. The molecule has 0 saturated carbocycles. The highest BCUT2D eigenvalue weighted by molar-refractivity contribution is 6.32. The molecule has 0 fully saturated rings. The Kier molecular flexibility index (Phi) is 5.48. The predicted octanol–water partition coefficient (Wildman–Crippen LogP) is 4.20. The van der Waals surface area contributed by atoms with E-state index in [1.807, 2.05) is 36.4 Å². The van der Waals surface area contributed by atoms with Gasteiger partial charge in [0.25, 0.3) is 0 Å². The summed E-state index contributed by atoms with van der Waals surface area (Å²) in [7, 11) is 1.63. The van der Waals surface area contributed by atoms with Gasteiger partial charge in [0.1, 0.15) is 5.75 Å². The van der Waals surface area contributed by atoms with Crippen LogP contribution in [0.15, 0.2) is 36.4 Å². The van der Waals surface area contributed by atoms with Crippen molar-refractivity contribution in [2.45, 2.75) is 19.8 Å². The minimum atomic E-state index is 0.544. The molecule has 0 radical (unpaired) electrons. The molecule has 3 nitrogen and oxygen atoms in total. The second kappa shape index (κ2) is 7.34. The Hall–Kier alpha value is -1.71. The maximum Gasteiger partial charge on any atom is 0.169 e. The third-order valence-corrected chi connectivity index (χ3v) is 3.61. The maximum atomic E-state index is 6.26. The van der Waals surface area contributed by atoms with E-state index in [-0.39, 0.29) is 0 Å². The number of hydrogen-bond acceptors (Lipinski definition) is 3. The Morgan fingerprint density at radius 3 is 2.62 bits per heavy atom. The number of nitrogens with two attached hydrogens (primary N) is 1. The van der Waals surface area contributed by atoms with Crippen molar-refractivity contribution in [3.8, 4) is 17.2 Å². The Labute approximate surface area is 130 Å². The van der Waals surface area contributed by atoms with Crippen LogP contribution in [0.2, 0.25) is 5.02 Å². The molecular weight excluding hydrogens is 286 g/mol. The lowest BCUT2D eigenvalue weighted by molar-refractivity contribution is 0.377. The second-order valence-corrected chi connectivity index (χ2v) is 5.11. The summed E-state index contributed by atoms with van der Waals surface area (Å²) in [5.41, 5.74) is 7.83. The van der Waals surface area contributed by atoms with Crippen molar-refractivity contribution < 1.29 is 9.47 Å². The van der Waals surface area contributed by atoms with E-state index in [1.54, 1.807) is 7.11 Å². The molecule has 0 heterocycles. The number of hydrogen-bond donors (Lipinski definition) is 1. The molecule has 112 valence electrons. The van der Waals surface area contributed by atoms with Crippen LogP contribution in [0.5, 0.6) is 17.2 Å². The fourth-order valence-corrected chi connectivity index (χ4v) is 2.38. The van der Waals surface area contributed by atoms with Crippen molar-refractivity contribution in [2.75, 3.05) is 13.7 Å². The van der Waals surface area contributed by atoms with Gasteiger partial charge < -0.3 is 15.2 Å². The molecule has 2 aromatic rings. The van der Waals surface area contributed by atoms with Gasteiger partial charge >= 0.3 is 0 Å². The molecule has 0 aliphatic heterocycles. The van der Waals surface area contributed by atoms with Crippen molar-refractivity contribution in [1.82, 2.24) is 0 Å². The quantitative estimate of drug-likeness (QED) is 0.869. The summed E-state index contributed by atoms with van der Waals surface area (Å²) in [6, 6.07) is 11.6. The number of ether oxygens (including phenoxy) is 2. The van der Waals surface area contributed by atoms with Gasteiger partial charge in [0.2, 0.25) is 0 Å². The summed E-state index contributed by atoms with van der Waals surface area (Å²) in [6.45, 7) is 2.64. The van der Waals surface area contributed by atoms with Crippen LogP contribution in [0.25, 0.3) is 0 Å². The van der Waals surface area contributed by atoms with Crippen molar-refractivity contribution in [3.05, 3.63) is 52.5 Å². The third kappa shape index (κ3) is 3.69. The first kappa shape index (κ1) is 15.7. The Morgan fingerprint density at radius 1 is 1.14 bits per heavy atom. The van der Waals surface area contributed by atoms with Gasteiger partial charge in [-0.2, -0.15) is 0 Å². The molecule has 0 amide bonds. The maximum absolute atomic E-state index is 6.26. The minimum Gasteiger partial charge on any atom is -0.493 e. The van der Waals surface area contributed by atoms with Crippen LogP contribution in [0.1, 0.15) is 18.1 Å². The van der Waals surface area contributed by atoms with Crippen LogP contribution in [0.4, 0.5) is 0 Å². The normalized spacial score (nSPS) is 10.5. The molecule has 0 saturated heterocycles. The van der Waals surface area contributed by atoms with E-state index < -0.39 is 0 Å². The summed E-state index contributed by atoms with van der Waals surface area (Å²) in [5.74, 6) is 2.00. The highest BCUT2D eigenvalue weighted by atomic mass is 35.5. The van der Waals surface area contributed by atoms with Crippen molar-refractivity contribution in [3.63, 3.8) is 0 Å². The zero-order valence-electron chi connectivity index (χ0n) is 12.4. The first-order valence-electron chi connectivity index (χ1n) is 7.01. The average molecular weight is 306 g/mol. The van der Waals surface area contributed by atoms with Crippen molar-refractivity contribution >= 4 is 11.6 Å². The molecule has 0 spiro atoms. The molecule has 0 aromatic heterocycles. The van der Waals surface area contributed by atoms with Gasteiger partial charge in [-0.15, -0.1) is 0 Å². The highest BCUT2D eigenvalue weighted by Gasteiger charge is 2.12. The minimum absolute atomic E-state index is 0.544. The lowest BCUT2D eigenvalue weighted by Crippen LogP contribution is -2.04. The molecule has 0 bridgehead atoms. The van der Waals surface area contributed by atoms with E-state index in [2.05, 4.69) is 6.92 Å². The fourth-order valence-electron chi connectivity index (χ4n) is 2.15. The Balaban J connectivity index is 2.38. The molecule has 21 heavy (non-hydrogen) atoms. The van der Waals surface area contributed by atoms with Crippen LogP contribution in [0, 0.1) is 0 Å². The number of halogens is 1. The molecule has 0 aliphatic carbocycles. The molecule has 0 aliphatic rings. The fraction of sp³-hybridized carbons (Fsp3) is 0.294. The molecule has 0 atom stereocenters. The molecule has 0 unspecified atom stereocenters. The van der Waals surface area contributed by atoms with Gasteiger partial charge in [0.05, 0.1) is 12.1 Å². The number of para-hydroxylation sites is 1. The molecule has 4 heteroatoms. The van der Waals surface area contributed by atoms with Gasteiger partial charge in [-0.05, 0) is 48.7 Å². The SMILES string of the molecule is CCc1ccc(Oc2c(Cl)cccc2CCN)c(OC)c1. The van der Waals surface area contributed by atoms with Gasteiger partial charge in [0, 0.05) is 0 Å². The Bertz CT molecular complexity index is 614. The molecule has 2 N–H and O–H groups in total. The van der Waals surface area contributed by atoms with E-state index in [0.29, 0.717) is 35.2 Å². The molecule has 2 rings (SSSR count). The standard InChI is InChI=1S/C17H20ClNO2/c1-3-12-7-8-15(16(11-12)20-2)21-17-13(9-10-19)5-4-6-14(17)18/h4-8,11H,3,9-10,19H2,1-2H3. The molecular formula is C17H20ClNO2.